The zero-order valence-corrected chi connectivity index (χ0v) is 14.3. The molecule has 2 atom stereocenters. The Labute approximate surface area is 150 Å². The first-order chi connectivity index (χ1) is 12.0. The summed E-state index contributed by atoms with van der Waals surface area (Å²) in [5.41, 5.74) is 1.04. The summed E-state index contributed by atoms with van der Waals surface area (Å²) >= 11 is 6.04. The van der Waals surface area contributed by atoms with E-state index in [1.165, 1.54) is 18.3 Å². The van der Waals surface area contributed by atoms with Crippen LogP contribution in [0.1, 0.15) is 39.4 Å². The minimum Gasteiger partial charge on any atom is -0.477 e. The molecule has 2 unspecified atom stereocenters. The minimum atomic E-state index is -1.17. The molecule has 1 aliphatic heterocycles. The number of benzene rings is 1. The van der Waals surface area contributed by atoms with Gasteiger partial charge < -0.3 is 14.7 Å². The summed E-state index contributed by atoms with van der Waals surface area (Å²) in [5.74, 6) is -1.41. The zero-order chi connectivity index (χ0) is 18.0. The molecule has 0 saturated carbocycles. The molecule has 2 heterocycles. The maximum atomic E-state index is 12.9. The first-order valence-corrected chi connectivity index (χ1v) is 8.21. The number of nitrogens with zero attached hydrogens (tertiary/aromatic N) is 2. The van der Waals surface area contributed by atoms with Gasteiger partial charge in [-0.3, -0.25) is 4.79 Å². The average Bonchev–Trinajstić information content (AvgIpc) is 2.61. The van der Waals surface area contributed by atoms with E-state index in [1.807, 2.05) is 25.1 Å². The van der Waals surface area contributed by atoms with E-state index in [2.05, 4.69) is 4.98 Å². The van der Waals surface area contributed by atoms with Crippen LogP contribution in [-0.4, -0.2) is 46.1 Å². The van der Waals surface area contributed by atoms with Crippen molar-refractivity contribution in [2.24, 2.45) is 0 Å². The number of carbonyl (C=O) groups excluding carboxylic acids is 1. The number of aromatic nitrogens is 1. The van der Waals surface area contributed by atoms with Gasteiger partial charge in [0.2, 0.25) is 0 Å². The summed E-state index contributed by atoms with van der Waals surface area (Å²) in [5, 5.41) is 9.66. The second-order valence-corrected chi connectivity index (χ2v) is 6.35. The van der Waals surface area contributed by atoms with Crippen molar-refractivity contribution in [3.05, 3.63) is 64.4 Å². The van der Waals surface area contributed by atoms with Crippen molar-refractivity contribution in [3.8, 4) is 0 Å². The van der Waals surface area contributed by atoms with Crippen LogP contribution in [0.4, 0.5) is 0 Å². The lowest BCUT2D eigenvalue weighted by Crippen LogP contribution is -2.48. The topological polar surface area (TPSA) is 79.7 Å². The van der Waals surface area contributed by atoms with Crippen molar-refractivity contribution < 1.29 is 19.4 Å². The molecule has 0 bridgehead atoms. The normalized spacial score (nSPS) is 20.3. The maximum Gasteiger partial charge on any atom is 0.354 e. The largest absolute Gasteiger partial charge is 0.477 e. The average molecular weight is 361 g/mol. The molecule has 25 heavy (non-hydrogen) atoms. The van der Waals surface area contributed by atoms with Gasteiger partial charge in [-0.05, 0) is 36.8 Å². The minimum absolute atomic E-state index is 0.121. The molecule has 7 heteroatoms. The predicted octanol–water partition coefficient (Wildman–Crippen LogP) is 3.04. The quantitative estimate of drug-likeness (QED) is 0.910. The van der Waals surface area contributed by atoms with E-state index in [0.717, 1.165) is 5.56 Å². The number of pyridine rings is 1. The van der Waals surface area contributed by atoms with E-state index in [1.54, 1.807) is 11.0 Å². The number of morpholine rings is 1. The highest BCUT2D eigenvalue weighted by Gasteiger charge is 2.31. The van der Waals surface area contributed by atoms with Crippen LogP contribution in [-0.2, 0) is 4.74 Å². The van der Waals surface area contributed by atoms with Gasteiger partial charge in [-0.25, -0.2) is 9.78 Å². The van der Waals surface area contributed by atoms with Gasteiger partial charge in [-0.2, -0.15) is 0 Å². The van der Waals surface area contributed by atoms with Crippen LogP contribution in [0.5, 0.6) is 0 Å². The Morgan fingerprint density at radius 3 is 2.84 bits per heavy atom. The zero-order valence-electron chi connectivity index (χ0n) is 13.6. The number of amides is 1. The molecule has 2 aromatic rings. The van der Waals surface area contributed by atoms with Gasteiger partial charge in [-0.1, -0.05) is 23.7 Å². The first kappa shape index (κ1) is 17.4. The fourth-order valence-electron chi connectivity index (χ4n) is 2.79. The predicted molar refractivity (Wildman–Crippen MR) is 91.8 cm³/mol. The Morgan fingerprint density at radius 2 is 2.12 bits per heavy atom. The van der Waals surface area contributed by atoms with Gasteiger partial charge in [0, 0.05) is 16.8 Å². The summed E-state index contributed by atoms with van der Waals surface area (Å²) in [6.07, 6.45) is 1.05. The lowest BCUT2D eigenvalue weighted by atomic mass is 10.0. The summed E-state index contributed by atoms with van der Waals surface area (Å²) < 4.78 is 5.85. The van der Waals surface area contributed by atoms with Crippen molar-refractivity contribution in [2.45, 2.75) is 19.1 Å². The first-order valence-electron chi connectivity index (χ1n) is 7.83. The van der Waals surface area contributed by atoms with Gasteiger partial charge >= 0.3 is 5.97 Å². The van der Waals surface area contributed by atoms with Crippen LogP contribution in [0.3, 0.4) is 0 Å². The van der Waals surface area contributed by atoms with Gasteiger partial charge in [0.05, 0.1) is 19.2 Å². The van der Waals surface area contributed by atoms with Crippen LogP contribution in [0.2, 0.25) is 5.02 Å². The summed E-state index contributed by atoms with van der Waals surface area (Å²) in [7, 11) is 0. The molecule has 3 rings (SSSR count). The number of aromatic carboxylic acids is 1. The highest BCUT2D eigenvalue weighted by Crippen LogP contribution is 2.27. The molecule has 1 fully saturated rings. The van der Waals surface area contributed by atoms with Crippen molar-refractivity contribution in [2.75, 3.05) is 13.2 Å². The summed E-state index contributed by atoms with van der Waals surface area (Å²) in [6, 6.07) is 10.0. The second-order valence-electron chi connectivity index (χ2n) is 5.92. The number of carboxylic acid groups (broad SMARTS) is 1. The third-order valence-electron chi connectivity index (χ3n) is 4.14. The number of carboxylic acids is 1. The second kappa shape index (κ2) is 7.21. The molecule has 0 aliphatic carbocycles. The highest BCUT2D eigenvalue weighted by molar-refractivity contribution is 6.30. The smallest absolute Gasteiger partial charge is 0.354 e. The molecule has 1 aromatic heterocycles. The number of ether oxygens (including phenoxy) is 1. The van der Waals surface area contributed by atoms with Crippen LogP contribution < -0.4 is 0 Å². The molecule has 1 amide bonds. The van der Waals surface area contributed by atoms with Crippen LogP contribution >= 0.6 is 11.6 Å². The standard InChI is InChI=1S/C18H17ClN2O4/c1-11-10-25-16(12-3-2-4-14(19)7-12)9-21(11)17(22)13-5-6-20-15(8-13)18(23)24/h2-8,11,16H,9-10H2,1H3,(H,23,24). The Kier molecular flexibility index (Phi) is 5.01. The molecule has 0 spiro atoms. The molecule has 0 radical (unpaired) electrons. The fraction of sp³-hybridized carbons (Fsp3) is 0.278. The molecule has 6 nitrogen and oxygen atoms in total. The Hall–Kier alpha value is -2.44. The summed E-state index contributed by atoms with van der Waals surface area (Å²) in [4.78, 5) is 29.4. The van der Waals surface area contributed by atoms with Crippen molar-refractivity contribution in [1.29, 1.82) is 0 Å². The lowest BCUT2D eigenvalue weighted by Gasteiger charge is -2.38. The molecular formula is C18H17ClN2O4. The third kappa shape index (κ3) is 3.81. The fourth-order valence-corrected chi connectivity index (χ4v) is 2.99. The number of carbonyl (C=O) groups is 2. The van der Waals surface area contributed by atoms with Crippen molar-refractivity contribution in [3.63, 3.8) is 0 Å². The maximum absolute atomic E-state index is 12.9. The van der Waals surface area contributed by atoms with Crippen LogP contribution in [0.25, 0.3) is 0 Å². The van der Waals surface area contributed by atoms with E-state index in [0.29, 0.717) is 23.7 Å². The number of hydrogen-bond donors (Lipinski definition) is 1. The monoisotopic (exact) mass is 360 g/mol. The van der Waals surface area contributed by atoms with Gasteiger partial charge in [0.25, 0.3) is 5.91 Å². The van der Waals surface area contributed by atoms with E-state index in [-0.39, 0.29) is 23.7 Å². The molecule has 1 saturated heterocycles. The van der Waals surface area contributed by atoms with Crippen LogP contribution in [0.15, 0.2) is 42.6 Å². The lowest BCUT2D eigenvalue weighted by molar-refractivity contribution is -0.0486. The summed E-state index contributed by atoms with van der Waals surface area (Å²) in [6.45, 7) is 2.65. The van der Waals surface area contributed by atoms with E-state index in [9.17, 15) is 9.59 Å². The Morgan fingerprint density at radius 1 is 1.32 bits per heavy atom. The Bertz CT molecular complexity index is 811. The molecule has 1 aromatic carbocycles. The highest BCUT2D eigenvalue weighted by atomic mass is 35.5. The number of halogens is 1. The van der Waals surface area contributed by atoms with Gasteiger partial charge in [0.1, 0.15) is 11.8 Å². The van der Waals surface area contributed by atoms with E-state index in [4.69, 9.17) is 21.4 Å². The van der Waals surface area contributed by atoms with Gasteiger partial charge in [0.15, 0.2) is 0 Å². The Balaban J connectivity index is 1.83. The molecule has 1 N–H and O–H groups in total. The number of hydrogen-bond acceptors (Lipinski definition) is 4. The van der Waals surface area contributed by atoms with E-state index >= 15 is 0 Å². The molecular weight excluding hydrogens is 344 g/mol. The van der Waals surface area contributed by atoms with Gasteiger partial charge in [-0.15, -0.1) is 0 Å². The van der Waals surface area contributed by atoms with Crippen LogP contribution in [0, 0.1) is 0 Å². The third-order valence-corrected chi connectivity index (χ3v) is 4.38. The SMILES string of the molecule is CC1COC(c2cccc(Cl)c2)CN1C(=O)c1ccnc(C(=O)O)c1. The number of rotatable bonds is 3. The molecule has 1 aliphatic rings. The van der Waals surface area contributed by atoms with Crippen molar-refractivity contribution >= 4 is 23.5 Å². The van der Waals surface area contributed by atoms with Crippen molar-refractivity contribution in [1.82, 2.24) is 9.88 Å². The molecule has 130 valence electrons. The van der Waals surface area contributed by atoms with E-state index < -0.39 is 5.97 Å².